The van der Waals surface area contributed by atoms with Crippen molar-refractivity contribution in [3.05, 3.63) is 68.3 Å². The zero-order valence-electron chi connectivity index (χ0n) is 27.2. The molecule has 6 rings (SSSR count). The summed E-state index contributed by atoms with van der Waals surface area (Å²) in [6.07, 6.45) is 3.49. The van der Waals surface area contributed by atoms with Crippen LogP contribution in [-0.4, -0.2) is 44.1 Å². The van der Waals surface area contributed by atoms with Gasteiger partial charge in [0.15, 0.2) is 0 Å². The SMILES string of the molecule is CCCC1=C(C)c2cc3[n-]c(c(C)c4nc(c5c6[n-]c(cc1n2)c(CC)c6C([O-])=C5)[C@@H](CCC(=O)[O-])[C@@H]4C)c(C)c3[C@@H](C)O.[Mg+2]. The number of carbonyl (C=O) groups is 1. The molecule has 45 heavy (non-hydrogen) atoms. The monoisotopic (exact) mass is 614 g/mol. The zero-order valence-corrected chi connectivity index (χ0v) is 28.6. The second-order valence-corrected chi connectivity index (χ2v) is 12.4. The van der Waals surface area contributed by atoms with E-state index in [1.54, 1.807) is 13.0 Å². The molecule has 230 valence electrons. The fourth-order valence-corrected chi connectivity index (χ4v) is 7.43. The van der Waals surface area contributed by atoms with Gasteiger partial charge < -0.3 is 30.1 Å². The van der Waals surface area contributed by atoms with E-state index in [2.05, 4.69) is 13.8 Å². The predicted molar refractivity (Wildman–Crippen MR) is 175 cm³/mol. The molecule has 1 aliphatic carbocycles. The molecule has 0 amide bonds. The number of allylic oxidation sites excluding steroid dienone is 2. The molecule has 0 unspecified atom stereocenters. The number of hydrogen-bond acceptors (Lipinski definition) is 6. The van der Waals surface area contributed by atoms with E-state index in [9.17, 15) is 20.1 Å². The van der Waals surface area contributed by atoms with Crippen LogP contribution in [0, 0.1) is 13.8 Å². The molecule has 1 N–H and O–H groups in total. The number of fused-ring (bicyclic) bond motifs is 8. The van der Waals surface area contributed by atoms with Gasteiger partial charge in [-0.2, -0.15) is 0 Å². The van der Waals surface area contributed by atoms with Gasteiger partial charge in [-0.15, -0.1) is 27.8 Å². The van der Waals surface area contributed by atoms with E-state index >= 15 is 0 Å². The maximum atomic E-state index is 13.6. The molecule has 0 radical (unpaired) electrons. The van der Waals surface area contributed by atoms with E-state index < -0.39 is 12.1 Å². The standard InChI is InChI=1S/C36H41N4O4.Mg/c1-8-10-22-16(3)25-14-28-31(20(7)41)18(5)34(39-28)19(6)33-17(4)23(11-12-30(43)44)35(40-33)24-13-29(42)32-21(9-2)26(38-36(24)32)15-27(22)37-25;/h13-15,17,20,23,41H,8-12H2,1-7H3,(H3-,37,38,39,40,42,43,44);/q-1;+2/p-3/t17-,20+,23-;/m0./s1. The predicted octanol–water partition coefficient (Wildman–Crippen LogP) is 4.74. The van der Waals surface area contributed by atoms with Crippen LogP contribution < -0.4 is 20.2 Å². The van der Waals surface area contributed by atoms with Gasteiger partial charge >= 0.3 is 23.1 Å². The van der Waals surface area contributed by atoms with Crippen molar-refractivity contribution in [1.82, 2.24) is 19.9 Å². The molecule has 0 saturated carbocycles. The van der Waals surface area contributed by atoms with Crippen LogP contribution in [0.4, 0.5) is 0 Å². The number of aliphatic hydroxyl groups excluding tert-OH is 1. The average molecular weight is 615 g/mol. The van der Waals surface area contributed by atoms with Gasteiger partial charge in [0.25, 0.3) is 0 Å². The molecular formula is C36H38MgN4O4-2. The van der Waals surface area contributed by atoms with Gasteiger partial charge in [0.1, 0.15) is 0 Å². The Kier molecular flexibility index (Phi) is 9.10. The van der Waals surface area contributed by atoms with Crippen molar-refractivity contribution in [3.63, 3.8) is 0 Å². The number of hydrogen-bond donors (Lipinski definition) is 1. The smallest absolute Gasteiger partial charge is 0.872 e. The van der Waals surface area contributed by atoms with E-state index in [0.717, 1.165) is 74.4 Å². The molecule has 8 bridgehead atoms. The molecule has 9 heteroatoms. The number of carbonyl (C=O) groups excluding carboxylic acids is 1. The van der Waals surface area contributed by atoms with E-state index in [1.807, 2.05) is 39.8 Å². The third kappa shape index (κ3) is 5.32. The summed E-state index contributed by atoms with van der Waals surface area (Å²) in [5, 5.41) is 36.0. The van der Waals surface area contributed by atoms with E-state index in [1.165, 1.54) is 0 Å². The Balaban J connectivity index is 0.00000400. The Labute approximate surface area is 279 Å². The van der Waals surface area contributed by atoms with Gasteiger partial charge in [-0.05, 0) is 86.8 Å². The molecule has 0 saturated heterocycles. The second kappa shape index (κ2) is 12.4. The first-order chi connectivity index (χ1) is 21.0. The van der Waals surface area contributed by atoms with Crippen molar-refractivity contribution in [2.75, 3.05) is 0 Å². The minimum Gasteiger partial charge on any atom is -0.872 e. The van der Waals surface area contributed by atoms with Crippen LogP contribution in [-0.2, 0) is 11.2 Å². The minimum atomic E-state index is -1.12. The fraction of sp³-hybridized carbons (Fsp3) is 0.417. The van der Waals surface area contributed by atoms with Crippen molar-refractivity contribution in [3.8, 4) is 0 Å². The van der Waals surface area contributed by atoms with Crippen molar-refractivity contribution >= 4 is 74.1 Å². The Morgan fingerprint density at radius 3 is 2.36 bits per heavy atom. The first-order valence-electron chi connectivity index (χ1n) is 15.6. The van der Waals surface area contributed by atoms with Crippen LogP contribution in [0.5, 0.6) is 0 Å². The summed E-state index contributed by atoms with van der Waals surface area (Å²) in [5.41, 5.74) is 12.7. The number of nitrogens with zero attached hydrogens (tertiary/aromatic N) is 4. The summed E-state index contributed by atoms with van der Waals surface area (Å²) in [6, 6.07) is 3.96. The van der Waals surface area contributed by atoms with Crippen molar-refractivity contribution in [2.24, 2.45) is 0 Å². The summed E-state index contributed by atoms with van der Waals surface area (Å²) in [6.45, 7) is 14.0. The van der Waals surface area contributed by atoms with Gasteiger partial charge in [0, 0.05) is 23.5 Å². The maximum Gasteiger partial charge on any atom is 2.00 e. The third-order valence-electron chi connectivity index (χ3n) is 9.63. The summed E-state index contributed by atoms with van der Waals surface area (Å²) in [5.74, 6) is -1.60. The van der Waals surface area contributed by atoms with Crippen molar-refractivity contribution < 1.29 is 20.1 Å². The largest absolute Gasteiger partial charge is 2.00 e. The summed E-state index contributed by atoms with van der Waals surface area (Å²) >= 11 is 0. The number of aryl methyl sites for hydroxylation is 3. The van der Waals surface area contributed by atoms with Crippen LogP contribution in [0.3, 0.4) is 0 Å². The Bertz CT molecular complexity index is 1950. The first-order valence-corrected chi connectivity index (χ1v) is 15.6. The van der Waals surface area contributed by atoms with Crippen LogP contribution >= 0.6 is 0 Å². The molecule has 3 aromatic heterocycles. The number of aliphatic carboxylic acids is 1. The number of aliphatic hydroxyl groups is 1. The van der Waals surface area contributed by atoms with E-state index in [-0.39, 0.29) is 47.1 Å². The molecule has 8 nitrogen and oxygen atoms in total. The Hall–Kier alpha value is -3.40. The molecule has 5 heterocycles. The summed E-state index contributed by atoms with van der Waals surface area (Å²) in [4.78, 5) is 31.9. The molecular weight excluding hydrogens is 577 g/mol. The molecule has 3 atom stereocenters. The topological polar surface area (TPSA) is 137 Å². The zero-order chi connectivity index (χ0) is 31.6. The normalized spacial score (nSPS) is 17.8. The van der Waals surface area contributed by atoms with Crippen molar-refractivity contribution in [1.29, 1.82) is 0 Å². The minimum absolute atomic E-state index is 0. The third-order valence-corrected chi connectivity index (χ3v) is 9.63. The summed E-state index contributed by atoms with van der Waals surface area (Å²) < 4.78 is 0. The van der Waals surface area contributed by atoms with Gasteiger partial charge in [-0.25, -0.2) is 4.98 Å². The van der Waals surface area contributed by atoms with Crippen LogP contribution in [0.25, 0.3) is 45.0 Å². The molecule has 0 fully saturated rings. The summed E-state index contributed by atoms with van der Waals surface area (Å²) in [7, 11) is 0. The fourth-order valence-electron chi connectivity index (χ4n) is 7.43. The van der Waals surface area contributed by atoms with Crippen LogP contribution in [0.2, 0.25) is 0 Å². The van der Waals surface area contributed by atoms with Gasteiger partial charge in [0.2, 0.25) is 0 Å². The molecule has 0 aromatic carbocycles. The second-order valence-electron chi connectivity index (χ2n) is 12.4. The first kappa shape index (κ1) is 33.0. The van der Waals surface area contributed by atoms with E-state index in [0.29, 0.717) is 40.7 Å². The van der Waals surface area contributed by atoms with E-state index in [4.69, 9.17) is 19.9 Å². The molecule has 0 spiro atoms. The molecule has 3 aliphatic rings. The number of carboxylic acids is 1. The van der Waals surface area contributed by atoms with Gasteiger partial charge in [0.05, 0.1) is 23.2 Å². The van der Waals surface area contributed by atoms with Crippen LogP contribution in [0.15, 0.2) is 12.1 Å². The quantitative estimate of drug-likeness (QED) is 0.377. The Morgan fingerprint density at radius 1 is 1.02 bits per heavy atom. The van der Waals surface area contributed by atoms with Gasteiger partial charge in [-0.3, -0.25) is 4.98 Å². The molecule has 3 aromatic rings. The average Bonchev–Trinajstić information content (AvgIpc) is 3.73. The number of carboxylic acid groups (broad SMARTS) is 1. The Morgan fingerprint density at radius 2 is 1.71 bits per heavy atom. The van der Waals surface area contributed by atoms with Gasteiger partial charge in [-0.1, -0.05) is 56.5 Å². The number of aromatic nitrogens is 4. The number of rotatable bonds is 7. The molecule has 2 aliphatic heterocycles. The van der Waals surface area contributed by atoms with Crippen LogP contribution in [0.1, 0.15) is 134 Å². The maximum absolute atomic E-state index is 13.6. The van der Waals surface area contributed by atoms with Crippen molar-refractivity contribution in [2.45, 2.75) is 98.5 Å².